The Hall–Kier alpha value is -0.610. The van der Waals surface area contributed by atoms with Crippen LogP contribution in [0, 0.1) is 11.8 Å². The Balaban J connectivity index is 2.03. The molecule has 2 rings (SSSR count). The molecular formula is C16H30N2O2. The Morgan fingerprint density at radius 3 is 2.75 bits per heavy atom. The highest BCUT2D eigenvalue weighted by molar-refractivity contribution is 5.81. The number of nitrogens with zero attached hydrogens (tertiary/aromatic N) is 1. The monoisotopic (exact) mass is 282 g/mol. The maximum absolute atomic E-state index is 12.0. The van der Waals surface area contributed by atoms with E-state index < -0.39 is 5.54 Å². The molecule has 116 valence electrons. The van der Waals surface area contributed by atoms with Gasteiger partial charge in [-0.05, 0) is 51.4 Å². The Labute approximate surface area is 123 Å². The molecule has 4 nitrogen and oxygen atoms in total. The van der Waals surface area contributed by atoms with Gasteiger partial charge in [0.25, 0.3) is 0 Å². The molecule has 1 saturated carbocycles. The van der Waals surface area contributed by atoms with Gasteiger partial charge in [-0.1, -0.05) is 13.8 Å². The molecule has 0 spiro atoms. The molecule has 0 aromatic rings. The number of carbonyl (C=O) groups excluding carboxylic acids is 1. The van der Waals surface area contributed by atoms with Crippen molar-refractivity contribution in [2.75, 3.05) is 13.2 Å². The Morgan fingerprint density at radius 2 is 2.10 bits per heavy atom. The molecule has 1 aliphatic carbocycles. The van der Waals surface area contributed by atoms with Gasteiger partial charge >= 0.3 is 5.97 Å². The van der Waals surface area contributed by atoms with Gasteiger partial charge in [-0.2, -0.15) is 0 Å². The average Bonchev–Trinajstić information content (AvgIpc) is 2.78. The summed E-state index contributed by atoms with van der Waals surface area (Å²) >= 11 is 0. The zero-order valence-electron chi connectivity index (χ0n) is 13.4. The molecule has 0 aromatic heterocycles. The highest BCUT2D eigenvalue weighted by Gasteiger charge is 2.46. The summed E-state index contributed by atoms with van der Waals surface area (Å²) in [4.78, 5) is 14.6. The fourth-order valence-corrected chi connectivity index (χ4v) is 4.03. The lowest BCUT2D eigenvalue weighted by atomic mass is 9.84. The number of likely N-dealkylation sites (tertiary alicyclic amines) is 1. The van der Waals surface area contributed by atoms with Gasteiger partial charge < -0.3 is 10.5 Å². The number of piperidine rings is 1. The van der Waals surface area contributed by atoms with Gasteiger partial charge in [-0.25, -0.2) is 0 Å². The maximum atomic E-state index is 12.0. The van der Waals surface area contributed by atoms with E-state index in [1.54, 1.807) is 0 Å². The predicted octanol–water partition coefficient (Wildman–Crippen LogP) is 2.17. The topological polar surface area (TPSA) is 55.6 Å². The van der Waals surface area contributed by atoms with E-state index in [0.717, 1.165) is 31.7 Å². The first-order valence-corrected chi connectivity index (χ1v) is 8.09. The van der Waals surface area contributed by atoms with Crippen molar-refractivity contribution in [3.05, 3.63) is 0 Å². The third-order valence-electron chi connectivity index (χ3n) is 5.32. The number of carbonyl (C=O) groups is 1. The summed E-state index contributed by atoms with van der Waals surface area (Å²) in [6.07, 6.45) is 3.81. The van der Waals surface area contributed by atoms with Crippen molar-refractivity contribution in [3.63, 3.8) is 0 Å². The average molecular weight is 282 g/mol. The van der Waals surface area contributed by atoms with E-state index in [1.807, 2.05) is 6.92 Å². The molecule has 0 amide bonds. The van der Waals surface area contributed by atoms with Crippen molar-refractivity contribution in [3.8, 4) is 0 Å². The van der Waals surface area contributed by atoms with Crippen LogP contribution in [-0.2, 0) is 9.53 Å². The van der Waals surface area contributed by atoms with Crippen molar-refractivity contribution in [1.29, 1.82) is 0 Å². The predicted molar refractivity (Wildman–Crippen MR) is 80.3 cm³/mol. The minimum atomic E-state index is -0.760. The van der Waals surface area contributed by atoms with E-state index in [0.29, 0.717) is 24.6 Å². The standard InChI is InChI=1S/C16H30N2O2/c1-5-20-15(19)16(17)7-6-14(9-16)18-10-11(2)8-12(3)13(18)4/h11-14H,5-10,17H2,1-4H3. The van der Waals surface area contributed by atoms with Crippen molar-refractivity contribution >= 4 is 5.97 Å². The van der Waals surface area contributed by atoms with Crippen LogP contribution in [0.25, 0.3) is 0 Å². The van der Waals surface area contributed by atoms with Crippen LogP contribution in [0.3, 0.4) is 0 Å². The van der Waals surface area contributed by atoms with Crippen LogP contribution in [0.2, 0.25) is 0 Å². The van der Waals surface area contributed by atoms with Gasteiger partial charge in [0, 0.05) is 18.6 Å². The lowest BCUT2D eigenvalue weighted by Crippen LogP contribution is -2.53. The van der Waals surface area contributed by atoms with Gasteiger partial charge in [0.05, 0.1) is 6.61 Å². The molecular weight excluding hydrogens is 252 g/mol. The van der Waals surface area contributed by atoms with E-state index >= 15 is 0 Å². The molecule has 1 saturated heterocycles. The smallest absolute Gasteiger partial charge is 0.326 e. The number of hydrogen-bond acceptors (Lipinski definition) is 4. The highest BCUT2D eigenvalue weighted by atomic mass is 16.5. The number of hydrogen-bond donors (Lipinski definition) is 1. The van der Waals surface area contributed by atoms with Gasteiger partial charge in [0.15, 0.2) is 0 Å². The first-order chi connectivity index (χ1) is 9.37. The molecule has 5 unspecified atom stereocenters. The van der Waals surface area contributed by atoms with Gasteiger partial charge in [0.2, 0.25) is 0 Å². The van der Waals surface area contributed by atoms with E-state index in [-0.39, 0.29) is 5.97 Å². The van der Waals surface area contributed by atoms with E-state index in [1.165, 1.54) is 6.42 Å². The molecule has 20 heavy (non-hydrogen) atoms. The summed E-state index contributed by atoms with van der Waals surface area (Å²) in [5.41, 5.74) is 5.54. The zero-order chi connectivity index (χ0) is 14.9. The molecule has 0 aromatic carbocycles. The SMILES string of the molecule is CCOC(=O)C1(N)CCC(N2CC(C)CC(C)C2C)C1. The van der Waals surface area contributed by atoms with Crippen LogP contribution in [0.1, 0.15) is 53.4 Å². The minimum absolute atomic E-state index is 0.215. The van der Waals surface area contributed by atoms with Crippen LogP contribution >= 0.6 is 0 Å². The van der Waals surface area contributed by atoms with Crippen LogP contribution in [0.4, 0.5) is 0 Å². The Kier molecular flexibility index (Phi) is 4.75. The molecule has 2 fully saturated rings. The largest absolute Gasteiger partial charge is 0.465 e. The van der Waals surface area contributed by atoms with Crippen LogP contribution in [0.15, 0.2) is 0 Å². The minimum Gasteiger partial charge on any atom is -0.465 e. The van der Waals surface area contributed by atoms with Crippen molar-refractivity contribution < 1.29 is 9.53 Å². The second-order valence-electron chi connectivity index (χ2n) is 7.03. The summed E-state index contributed by atoms with van der Waals surface area (Å²) in [5, 5.41) is 0. The molecule has 2 N–H and O–H groups in total. The quantitative estimate of drug-likeness (QED) is 0.806. The van der Waals surface area contributed by atoms with E-state index in [9.17, 15) is 4.79 Å². The lowest BCUT2D eigenvalue weighted by Gasteiger charge is -2.44. The molecule has 2 aliphatic rings. The Morgan fingerprint density at radius 1 is 1.40 bits per heavy atom. The number of esters is 1. The second-order valence-corrected chi connectivity index (χ2v) is 7.03. The zero-order valence-corrected chi connectivity index (χ0v) is 13.4. The van der Waals surface area contributed by atoms with Crippen LogP contribution < -0.4 is 5.73 Å². The molecule has 1 heterocycles. The van der Waals surface area contributed by atoms with Crippen molar-refractivity contribution in [2.24, 2.45) is 17.6 Å². The van der Waals surface area contributed by atoms with Crippen molar-refractivity contribution in [1.82, 2.24) is 4.90 Å². The second kappa shape index (κ2) is 6.02. The molecule has 4 heteroatoms. The fraction of sp³-hybridized carbons (Fsp3) is 0.938. The highest BCUT2D eigenvalue weighted by Crippen LogP contribution is 2.37. The van der Waals surface area contributed by atoms with Gasteiger partial charge in [-0.3, -0.25) is 9.69 Å². The summed E-state index contributed by atoms with van der Waals surface area (Å²) < 4.78 is 5.15. The van der Waals surface area contributed by atoms with Crippen LogP contribution in [0.5, 0.6) is 0 Å². The first-order valence-electron chi connectivity index (χ1n) is 8.09. The number of rotatable bonds is 3. The third-order valence-corrected chi connectivity index (χ3v) is 5.32. The third kappa shape index (κ3) is 3.01. The number of ether oxygens (including phenoxy) is 1. The normalized spacial score (nSPS) is 42.6. The van der Waals surface area contributed by atoms with E-state index in [2.05, 4.69) is 25.7 Å². The Bertz CT molecular complexity index is 360. The lowest BCUT2D eigenvalue weighted by molar-refractivity contribution is -0.149. The van der Waals surface area contributed by atoms with Gasteiger partial charge in [0.1, 0.15) is 5.54 Å². The summed E-state index contributed by atoms with van der Waals surface area (Å²) in [7, 11) is 0. The summed E-state index contributed by atoms with van der Waals surface area (Å²) in [6.45, 7) is 10.4. The fourth-order valence-electron chi connectivity index (χ4n) is 4.03. The first kappa shape index (κ1) is 15.8. The maximum Gasteiger partial charge on any atom is 0.326 e. The summed E-state index contributed by atoms with van der Waals surface area (Å²) in [6, 6.07) is 1.02. The van der Waals surface area contributed by atoms with Crippen LogP contribution in [-0.4, -0.2) is 41.6 Å². The number of nitrogens with two attached hydrogens (primary N) is 1. The summed E-state index contributed by atoms with van der Waals surface area (Å²) in [5.74, 6) is 1.24. The molecule has 0 radical (unpaired) electrons. The molecule has 5 atom stereocenters. The molecule has 0 bridgehead atoms. The van der Waals surface area contributed by atoms with Gasteiger partial charge in [-0.15, -0.1) is 0 Å². The van der Waals surface area contributed by atoms with E-state index in [4.69, 9.17) is 10.5 Å². The van der Waals surface area contributed by atoms with Crippen molar-refractivity contribution in [2.45, 2.75) is 71.0 Å². The molecule has 1 aliphatic heterocycles.